The number of anilines is 2. The van der Waals surface area contributed by atoms with Crippen LogP contribution in [0.1, 0.15) is 17.5 Å². The average Bonchev–Trinajstić information content (AvgIpc) is 3.12. The van der Waals surface area contributed by atoms with Crippen molar-refractivity contribution in [3.05, 3.63) is 53.9 Å². The van der Waals surface area contributed by atoms with Gasteiger partial charge in [-0.3, -0.25) is 14.6 Å². The van der Waals surface area contributed by atoms with E-state index in [1.54, 1.807) is 17.3 Å². The van der Waals surface area contributed by atoms with E-state index in [1.165, 1.54) is 0 Å². The molecule has 0 spiro atoms. The molecule has 0 bridgehead atoms. The SMILES string of the molecule is Cc1cccc(N2CC(C(=O)N3CCN(c4ccncc4)CC3)CC2=O)c1C. The summed E-state index contributed by atoms with van der Waals surface area (Å²) in [5.41, 5.74) is 4.34. The Balaban J connectivity index is 1.40. The number of aromatic nitrogens is 1. The molecular formula is C22H26N4O2. The smallest absolute Gasteiger partial charge is 0.228 e. The second kappa shape index (κ2) is 7.62. The van der Waals surface area contributed by atoms with Crippen LogP contribution in [0.2, 0.25) is 0 Å². The molecule has 0 aliphatic carbocycles. The highest BCUT2D eigenvalue weighted by Gasteiger charge is 2.38. The summed E-state index contributed by atoms with van der Waals surface area (Å²) in [4.78, 5) is 35.7. The molecular weight excluding hydrogens is 352 g/mol. The molecule has 1 aromatic carbocycles. The van der Waals surface area contributed by atoms with Crippen LogP contribution in [0, 0.1) is 19.8 Å². The fraction of sp³-hybridized carbons (Fsp3) is 0.409. The van der Waals surface area contributed by atoms with Crippen molar-refractivity contribution < 1.29 is 9.59 Å². The van der Waals surface area contributed by atoms with E-state index in [9.17, 15) is 9.59 Å². The molecule has 2 aromatic rings. The first-order valence-corrected chi connectivity index (χ1v) is 9.85. The summed E-state index contributed by atoms with van der Waals surface area (Å²) in [6.07, 6.45) is 3.88. The maximum absolute atomic E-state index is 13.0. The quantitative estimate of drug-likeness (QED) is 0.823. The number of carbonyl (C=O) groups is 2. The maximum atomic E-state index is 13.0. The van der Waals surface area contributed by atoms with Crippen molar-refractivity contribution in [3.63, 3.8) is 0 Å². The summed E-state index contributed by atoms with van der Waals surface area (Å²) < 4.78 is 0. The summed E-state index contributed by atoms with van der Waals surface area (Å²) in [6, 6.07) is 9.98. The van der Waals surface area contributed by atoms with Gasteiger partial charge in [0.15, 0.2) is 0 Å². The third-order valence-corrected chi connectivity index (χ3v) is 5.96. The van der Waals surface area contributed by atoms with Crippen molar-refractivity contribution in [2.24, 2.45) is 5.92 Å². The van der Waals surface area contributed by atoms with E-state index < -0.39 is 0 Å². The molecule has 1 aromatic heterocycles. The van der Waals surface area contributed by atoms with Crippen molar-refractivity contribution in [2.75, 3.05) is 42.5 Å². The Hall–Kier alpha value is -2.89. The molecule has 3 heterocycles. The predicted molar refractivity (Wildman–Crippen MR) is 109 cm³/mol. The lowest BCUT2D eigenvalue weighted by molar-refractivity contribution is -0.136. The summed E-state index contributed by atoms with van der Waals surface area (Å²) in [6.45, 7) is 7.54. The van der Waals surface area contributed by atoms with Crippen LogP contribution >= 0.6 is 0 Å². The molecule has 2 aliphatic heterocycles. The summed E-state index contributed by atoms with van der Waals surface area (Å²) in [5, 5.41) is 0. The Kier molecular flexibility index (Phi) is 5.03. The van der Waals surface area contributed by atoms with Crippen molar-refractivity contribution in [1.29, 1.82) is 0 Å². The third-order valence-electron chi connectivity index (χ3n) is 5.96. The van der Waals surface area contributed by atoms with E-state index in [-0.39, 0.29) is 17.7 Å². The van der Waals surface area contributed by atoms with Gasteiger partial charge in [0, 0.05) is 62.9 Å². The predicted octanol–water partition coefficient (Wildman–Crippen LogP) is 2.40. The molecule has 28 heavy (non-hydrogen) atoms. The van der Waals surface area contributed by atoms with Crippen molar-refractivity contribution in [2.45, 2.75) is 20.3 Å². The average molecular weight is 378 g/mol. The largest absolute Gasteiger partial charge is 0.368 e. The highest BCUT2D eigenvalue weighted by atomic mass is 16.2. The van der Waals surface area contributed by atoms with Crippen LogP contribution < -0.4 is 9.80 Å². The van der Waals surface area contributed by atoms with Crippen LogP contribution in [0.5, 0.6) is 0 Å². The van der Waals surface area contributed by atoms with Crippen molar-refractivity contribution in [3.8, 4) is 0 Å². The monoisotopic (exact) mass is 378 g/mol. The zero-order valence-corrected chi connectivity index (χ0v) is 16.5. The molecule has 2 fully saturated rings. The van der Waals surface area contributed by atoms with Gasteiger partial charge in [-0.1, -0.05) is 12.1 Å². The Labute approximate surface area is 165 Å². The minimum Gasteiger partial charge on any atom is -0.368 e. The van der Waals surface area contributed by atoms with Crippen LogP contribution in [0.15, 0.2) is 42.7 Å². The second-order valence-electron chi connectivity index (χ2n) is 7.64. The highest BCUT2D eigenvalue weighted by molar-refractivity contribution is 6.01. The Bertz CT molecular complexity index is 875. The molecule has 0 saturated carbocycles. The van der Waals surface area contributed by atoms with E-state index in [0.717, 1.165) is 35.6 Å². The van der Waals surface area contributed by atoms with Gasteiger partial charge in [-0.05, 0) is 43.2 Å². The number of pyridine rings is 1. The van der Waals surface area contributed by atoms with Gasteiger partial charge in [0.25, 0.3) is 0 Å². The van der Waals surface area contributed by atoms with Gasteiger partial charge < -0.3 is 14.7 Å². The number of benzene rings is 1. The molecule has 146 valence electrons. The summed E-state index contributed by atoms with van der Waals surface area (Å²) in [5.74, 6) is -0.0992. The summed E-state index contributed by atoms with van der Waals surface area (Å²) >= 11 is 0. The molecule has 4 rings (SSSR count). The van der Waals surface area contributed by atoms with Gasteiger partial charge in [-0.2, -0.15) is 0 Å². The van der Waals surface area contributed by atoms with E-state index >= 15 is 0 Å². The van der Waals surface area contributed by atoms with Crippen LogP contribution in [0.4, 0.5) is 11.4 Å². The van der Waals surface area contributed by atoms with E-state index in [1.807, 2.05) is 49.1 Å². The van der Waals surface area contributed by atoms with Gasteiger partial charge in [0.05, 0.1) is 5.92 Å². The zero-order valence-electron chi connectivity index (χ0n) is 16.5. The number of aryl methyl sites for hydroxylation is 1. The molecule has 6 heteroatoms. The van der Waals surface area contributed by atoms with Gasteiger partial charge in [0.2, 0.25) is 11.8 Å². The van der Waals surface area contributed by atoms with E-state index in [0.29, 0.717) is 26.1 Å². The topological polar surface area (TPSA) is 56.8 Å². The zero-order chi connectivity index (χ0) is 19.7. The number of nitrogens with zero attached hydrogens (tertiary/aromatic N) is 4. The number of hydrogen-bond acceptors (Lipinski definition) is 4. The molecule has 2 amide bonds. The molecule has 0 radical (unpaired) electrons. The third kappa shape index (κ3) is 3.46. The number of piperazine rings is 1. The van der Waals surface area contributed by atoms with Crippen molar-refractivity contribution >= 4 is 23.2 Å². The lowest BCUT2D eigenvalue weighted by Gasteiger charge is -2.37. The minimum atomic E-state index is -0.250. The minimum absolute atomic E-state index is 0.0440. The molecule has 2 aliphatic rings. The first-order valence-electron chi connectivity index (χ1n) is 9.85. The Morgan fingerprint density at radius 2 is 1.75 bits per heavy atom. The molecule has 1 atom stereocenters. The van der Waals surface area contributed by atoms with Crippen LogP contribution in [-0.2, 0) is 9.59 Å². The maximum Gasteiger partial charge on any atom is 0.228 e. The lowest BCUT2D eigenvalue weighted by atomic mass is 10.1. The molecule has 6 nitrogen and oxygen atoms in total. The van der Waals surface area contributed by atoms with Gasteiger partial charge in [-0.15, -0.1) is 0 Å². The fourth-order valence-corrected chi connectivity index (χ4v) is 4.13. The molecule has 1 unspecified atom stereocenters. The van der Waals surface area contributed by atoms with Gasteiger partial charge in [0.1, 0.15) is 0 Å². The number of hydrogen-bond donors (Lipinski definition) is 0. The number of carbonyl (C=O) groups excluding carboxylic acids is 2. The molecule has 2 saturated heterocycles. The highest BCUT2D eigenvalue weighted by Crippen LogP contribution is 2.30. The first-order chi connectivity index (χ1) is 13.5. The van der Waals surface area contributed by atoms with Crippen molar-refractivity contribution in [1.82, 2.24) is 9.88 Å². The summed E-state index contributed by atoms with van der Waals surface area (Å²) in [7, 11) is 0. The molecule has 0 N–H and O–H groups in total. The van der Waals surface area contributed by atoms with Gasteiger partial charge in [-0.25, -0.2) is 0 Å². The Morgan fingerprint density at radius 3 is 2.46 bits per heavy atom. The number of rotatable bonds is 3. The van der Waals surface area contributed by atoms with E-state index in [4.69, 9.17) is 0 Å². The van der Waals surface area contributed by atoms with Crippen LogP contribution in [0.3, 0.4) is 0 Å². The normalized spacial score (nSPS) is 20.0. The standard InChI is InChI=1S/C22H26N4O2/c1-16-4-3-5-20(17(16)2)26-15-18(14-21(26)27)22(28)25-12-10-24(11-13-25)19-6-8-23-9-7-19/h3-9,18H,10-15H2,1-2H3. The Morgan fingerprint density at radius 1 is 1.04 bits per heavy atom. The number of amides is 2. The second-order valence-corrected chi connectivity index (χ2v) is 7.64. The first kappa shape index (κ1) is 18.5. The van der Waals surface area contributed by atoms with Crippen LogP contribution in [0.25, 0.3) is 0 Å². The van der Waals surface area contributed by atoms with Gasteiger partial charge >= 0.3 is 0 Å². The van der Waals surface area contributed by atoms with Crippen LogP contribution in [-0.4, -0.2) is 54.4 Å². The fourth-order valence-electron chi connectivity index (χ4n) is 4.13. The lowest BCUT2D eigenvalue weighted by Crippen LogP contribution is -2.50. The van der Waals surface area contributed by atoms with E-state index in [2.05, 4.69) is 9.88 Å².